The van der Waals surface area contributed by atoms with E-state index in [2.05, 4.69) is 33.3 Å². The lowest BCUT2D eigenvalue weighted by Gasteiger charge is -2.07. The van der Waals surface area contributed by atoms with Gasteiger partial charge >= 0.3 is 5.97 Å². The van der Waals surface area contributed by atoms with E-state index < -0.39 is 5.97 Å². The van der Waals surface area contributed by atoms with Gasteiger partial charge in [-0.25, -0.2) is 4.79 Å². The van der Waals surface area contributed by atoms with Crippen molar-refractivity contribution in [3.05, 3.63) is 28.8 Å². The highest BCUT2D eigenvalue weighted by molar-refractivity contribution is 9.08. The van der Waals surface area contributed by atoms with Gasteiger partial charge in [-0.15, -0.1) is 12.6 Å². The molecule has 0 fully saturated rings. The topological polar surface area (TPSA) is 50.1 Å². The summed E-state index contributed by atoms with van der Waals surface area (Å²) >= 11 is 7.49. The monoisotopic (exact) mass is 285 g/mol. The van der Waals surface area contributed by atoms with Crippen LogP contribution in [0.25, 0.3) is 0 Å². The Labute approximate surface area is 102 Å². The van der Waals surface area contributed by atoms with E-state index in [9.17, 15) is 4.79 Å². The molecule has 0 aliphatic heterocycles. The average molecular weight is 286 g/mol. The third-order valence-corrected chi connectivity index (χ3v) is 3.04. The first kappa shape index (κ1) is 12.1. The zero-order valence-electron chi connectivity index (χ0n) is 7.95. The number of nitrogens with zero attached hydrogens (tertiary/aromatic N) is 1. The van der Waals surface area contributed by atoms with Crippen LogP contribution < -0.4 is 0 Å². The summed E-state index contributed by atoms with van der Waals surface area (Å²) in [5.74, 6) is -0.525. The number of esters is 1. The minimum Gasteiger partial charge on any atom is -0.465 e. The zero-order chi connectivity index (χ0) is 11.4. The van der Waals surface area contributed by atoms with Gasteiger partial charge in [0.1, 0.15) is 6.07 Å². The molecular weight excluding hydrogens is 278 g/mol. The minimum atomic E-state index is -0.525. The summed E-state index contributed by atoms with van der Waals surface area (Å²) in [5.41, 5.74) is 1.36. The number of carbonyl (C=O) groups excluding carboxylic acids is 1. The van der Waals surface area contributed by atoms with Gasteiger partial charge in [0.2, 0.25) is 0 Å². The number of halogens is 1. The van der Waals surface area contributed by atoms with Crippen molar-refractivity contribution in [2.24, 2.45) is 0 Å². The van der Waals surface area contributed by atoms with Crippen molar-refractivity contribution in [1.82, 2.24) is 0 Å². The molecule has 3 nitrogen and oxygen atoms in total. The molecule has 0 aromatic heterocycles. The number of alkyl halides is 1. The van der Waals surface area contributed by atoms with Crippen LogP contribution in [0.3, 0.4) is 0 Å². The summed E-state index contributed by atoms with van der Waals surface area (Å²) in [7, 11) is 1.28. The molecule has 0 radical (unpaired) electrons. The van der Waals surface area contributed by atoms with Gasteiger partial charge in [0.15, 0.2) is 0 Å². The van der Waals surface area contributed by atoms with Gasteiger partial charge in [0.05, 0.1) is 18.2 Å². The maximum atomic E-state index is 11.3. The Morgan fingerprint density at radius 2 is 2.33 bits per heavy atom. The Morgan fingerprint density at radius 3 is 2.80 bits per heavy atom. The van der Waals surface area contributed by atoms with E-state index in [0.29, 0.717) is 10.2 Å². The van der Waals surface area contributed by atoms with E-state index in [1.165, 1.54) is 7.11 Å². The minimum absolute atomic E-state index is 0.245. The molecule has 1 rings (SSSR count). The lowest BCUT2D eigenvalue weighted by molar-refractivity contribution is 0.0600. The predicted molar refractivity (Wildman–Crippen MR) is 62.4 cm³/mol. The van der Waals surface area contributed by atoms with Gasteiger partial charge in [-0.2, -0.15) is 5.26 Å². The molecule has 5 heteroatoms. The number of thiol groups is 1. The van der Waals surface area contributed by atoms with Crippen LogP contribution in [0.15, 0.2) is 17.0 Å². The van der Waals surface area contributed by atoms with Crippen molar-refractivity contribution < 1.29 is 9.53 Å². The van der Waals surface area contributed by atoms with E-state index in [-0.39, 0.29) is 11.1 Å². The number of ether oxygens (including phenoxy) is 1. The highest BCUT2D eigenvalue weighted by Crippen LogP contribution is 2.24. The number of methoxy groups -OCH3 is 1. The maximum Gasteiger partial charge on any atom is 0.339 e. The second-order valence-electron chi connectivity index (χ2n) is 2.73. The van der Waals surface area contributed by atoms with Crippen molar-refractivity contribution in [2.75, 3.05) is 7.11 Å². The Morgan fingerprint density at radius 1 is 1.67 bits per heavy atom. The average Bonchev–Trinajstić information content (AvgIpc) is 2.27. The van der Waals surface area contributed by atoms with Crippen LogP contribution in [0, 0.1) is 11.3 Å². The van der Waals surface area contributed by atoms with Crippen LogP contribution in [0.5, 0.6) is 0 Å². The highest BCUT2D eigenvalue weighted by atomic mass is 79.9. The molecule has 0 spiro atoms. The maximum absolute atomic E-state index is 11.3. The summed E-state index contributed by atoms with van der Waals surface area (Å²) < 4.78 is 4.57. The Bertz CT molecular complexity index is 440. The van der Waals surface area contributed by atoms with Crippen LogP contribution in [-0.4, -0.2) is 13.1 Å². The van der Waals surface area contributed by atoms with E-state index in [0.717, 1.165) is 5.56 Å². The smallest absolute Gasteiger partial charge is 0.339 e. The lowest BCUT2D eigenvalue weighted by Crippen LogP contribution is -2.05. The number of carbonyl (C=O) groups is 1. The molecule has 0 unspecified atom stereocenters. The molecule has 78 valence electrons. The number of hydrogen-bond donors (Lipinski definition) is 1. The fourth-order valence-electron chi connectivity index (χ4n) is 1.14. The molecule has 15 heavy (non-hydrogen) atoms. The van der Waals surface area contributed by atoms with E-state index in [1.807, 2.05) is 6.07 Å². The van der Waals surface area contributed by atoms with Crippen molar-refractivity contribution in [2.45, 2.75) is 10.2 Å². The number of hydrogen-bond acceptors (Lipinski definition) is 4. The van der Waals surface area contributed by atoms with Gasteiger partial charge in [-0.3, -0.25) is 0 Å². The van der Waals surface area contributed by atoms with Crippen molar-refractivity contribution in [3.8, 4) is 6.07 Å². The van der Waals surface area contributed by atoms with Crippen molar-refractivity contribution in [3.63, 3.8) is 0 Å². The first-order chi connectivity index (χ1) is 7.15. The number of benzene rings is 1. The van der Waals surface area contributed by atoms with Crippen LogP contribution >= 0.6 is 28.6 Å². The molecule has 1 aromatic rings. The summed E-state index contributed by atoms with van der Waals surface area (Å²) in [5, 5.41) is 9.53. The molecule has 1 aromatic carbocycles. The SMILES string of the molecule is COC(=O)c1ccc(CBr)c(S)c1C#N. The summed E-state index contributed by atoms with van der Waals surface area (Å²) in [6, 6.07) is 5.27. The van der Waals surface area contributed by atoms with Gasteiger partial charge in [0, 0.05) is 10.2 Å². The zero-order valence-corrected chi connectivity index (χ0v) is 10.4. The first-order valence-electron chi connectivity index (χ1n) is 4.05. The Hall–Kier alpha value is -0.990. The van der Waals surface area contributed by atoms with E-state index in [4.69, 9.17) is 5.26 Å². The van der Waals surface area contributed by atoms with Gasteiger partial charge in [-0.1, -0.05) is 22.0 Å². The Balaban J connectivity index is 3.39. The molecule has 0 aliphatic carbocycles. The third-order valence-electron chi connectivity index (χ3n) is 1.92. The number of nitriles is 1. The van der Waals surface area contributed by atoms with E-state index in [1.54, 1.807) is 12.1 Å². The van der Waals surface area contributed by atoms with Gasteiger partial charge < -0.3 is 4.74 Å². The van der Waals surface area contributed by atoms with Crippen LogP contribution in [0.1, 0.15) is 21.5 Å². The van der Waals surface area contributed by atoms with Crippen LogP contribution in [0.4, 0.5) is 0 Å². The van der Waals surface area contributed by atoms with Gasteiger partial charge in [0.25, 0.3) is 0 Å². The standard InChI is InChI=1S/C10H8BrNO2S/c1-14-10(13)7-3-2-6(4-11)9(15)8(7)5-12/h2-3,15H,4H2,1H3. The molecule has 0 heterocycles. The molecule has 0 amide bonds. The quantitative estimate of drug-likeness (QED) is 0.516. The number of rotatable bonds is 2. The first-order valence-corrected chi connectivity index (χ1v) is 5.61. The molecule has 0 saturated carbocycles. The van der Waals surface area contributed by atoms with E-state index >= 15 is 0 Å². The van der Waals surface area contributed by atoms with Crippen molar-refractivity contribution in [1.29, 1.82) is 5.26 Å². The Kier molecular flexibility index (Phi) is 4.18. The molecule has 0 N–H and O–H groups in total. The summed E-state index contributed by atoms with van der Waals surface area (Å²) in [6.07, 6.45) is 0. The summed E-state index contributed by atoms with van der Waals surface area (Å²) in [4.78, 5) is 11.8. The fraction of sp³-hybridized carbons (Fsp3) is 0.200. The summed E-state index contributed by atoms with van der Waals surface area (Å²) in [6.45, 7) is 0. The molecule has 0 aliphatic rings. The largest absolute Gasteiger partial charge is 0.465 e. The second-order valence-corrected chi connectivity index (χ2v) is 3.74. The fourth-order valence-corrected chi connectivity index (χ4v) is 2.14. The van der Waals surface area contributed by atoms with Crippen LogP contribution in [0.2, 0.25) is 0 Å². The molecule has 0 saturated heterocycles. The highest BCUT2D eigenvalue weighted by Gasteiger charge is 2.16. The predicted octanol–water partition coefficient (Wildman–Crippen LogP) is 2.53. The molecular formula is C10H8BrNO2S. The van der Waals surface area contributed by atoms with Crippen LogP contribution in [-0.2, 0) is 10.1 Å². The third kappa shape index (κ3) is 2.33. The normalized spacial score (nSPS) is 9.47. The second kappa shape index (κ2) is 5.19. The van der Waals surface area contributed by atoms with Crippen molar-refractivity contribution >= 4 is 34.5 Å². The van der Waals surface area contributed by atoms with Gasteiger partial charge in [-0.05, 0) is 11.6 Å². The molecule has 0 bridgehead atoms. The lowest BCUT2D eigenvalue weighted by atomic mass is 10.1. The molecule has 0 atom stereocenters.